The third-order valence-corrected chi connectivity index (χ3v) is 4.94. The van der Waals surface area contributed by atoms with E-state index in [4.69, 9.17) is 17.3 Å². The molecule has 0 aliphatic heterocycles. The first-order chi connectivity index (χ1) is 10.1. The van der Waals surface area contributed by atoms with Crippen LogP contribution in [0.2, 0.25) is 5.02 Å². The summed E-state index contributed by atoms with van der Waals surface area (Å²) in [5, 5.41) is 0.771. The van der Waals surface area contributed by atoms with Gasteiger partial charge in [0.2, 0.25) is 0 Å². The van der Waals surface area contributed by atoms with Gasteiger partial charge in [0.05, 0.1) is 0 Å². The molecule has 0 bridgehead atoms. The highest BCUT2D eigenvalue weighted by atomic mass is 35.5. The standard InChI is InChI=1S/C19H24ClN/c1-3-19(4-2,16-8-6-5-7-9-16)18(21)14-15-10-12-17(20)13-11-15/h5-13,18H,3-4,14,21H2,1-2H3. The van der Waals surface area contributed by atoms with E-state index in [1.54, 1.807) is 0 Å². The Morgan fingerprint density at radius 3 is 2.05 bits per heavy atom. The van der Waals surface area contributed by atoms with Gasteiger partial charge in [0.25, 0.3) is 0 Å². The maximum atomic E-state index is 6.64. The molecule has 1 atom stereocenters. The van der Waals surface area contributed by atoms with Crippen LogP contribution >= 0.6 is 11.6 Å². The molecule has 2 aromatic carbocycles. The van der Waals surface area contributed by atoms with E-state index in [0.717, 1.165) is 24.3 Å². The van der Waals surface area contributed by atoms with Crippen LogP contribution in [0, 0.1) is 0 Å². The third-order valence-electron chi connectivity index (χ3n) is 4.69. The molecule has 1 unspecified atom stereocenters. The second kappa shape index (κ2) is 7.11. The zero-order valence-corrected chi connectivity index (χ0v) is 13.6. The van der Waals surface area contributed by atoms with Gasteiger partial charge in [0.15, 0.2) is 0 Å². The summed E-state index contributed by atoms with van der Waals surface area (Å²) < 4.78 is 0. The van der Waals surface area contributed by atoms with Crippen LogP contribution < -0.4 is 5.73 Å². The number of halogens is 1. The first-order valence-corrected chi connectivity index (χ1v) is 8.05. The van der Waals surface area contributed by atoms with E-state index in [9.17, 15) is 0 Å². The van der Waals surface area contributed by atoms with Gasteiger partial charge in [-0.15, -0.1) is 0 Å². The lowest BCUT2D eigenvalue weighted by Crippen LogP contribution is -2.46. The summed E-state index contributed by atoms with van der Waals surface area (Å²) >= 11 is 5.96. The quantitative estimate of drug-likeness (QED) is 0.801. The van der Waals surface area contributed by atoms with E-state index in [0.29, 0.717) is 0 Å². The normalized spacial score (nSPS) is 13.1. The van der Waals surface area contributed by atoms with Gasteiger partial charge in [0, 0.05) is 16.5 Å². The van der Waals surface area contributed by atoms with Crippen LogP contribution in [-0.2, 0) is 11.8 Å². The number of rotatable bonds is 6. The molecule has 0 amide bonds. The van der Waals surface area contributed by atoms with E-state index in [2.05, 4.69) is 56.3 Å². The van der Waals surface area contributed by atoms with Gasteiger partial charge < -0.3 is 5.73 Å². The van der Waals surface area contributed by atoms with Crippen molar-refractivity contribution in [2.24, 2.45) is 5.73 Å². The highest BCUT2D eigenvalue weighted by Crippen LogP contribution is 2.35. The number of nitrogens with two attached hydrogens (primary N) is 1. The molecule has 2 N–H and O–H groups in total. The SMILES string of the molecule is CCC(CC)(c1ccccc1)C(N)Cc1ccc(Cl)cc1. The van der Waals surface area contributed by atoms with Crippen LogP contribution in [0.3, 0.4) is 0 Å². The highest BCUT2D eigenvalue weighted by Gasteiger charge is 2.34. The molecule has 0 heterocycles. The first-order valence-electron chi connectivity index (χ1n) is 7.68. The van der Waals surface area contributed by atoms with Gasteiger partial charge in [-0.25, -0.2) is 0 Å². The summed E-state index contributed by atoms with van der Waals surface area (Å²) in [6.07, 6.45) is 2.96. The van der Waals surface area contributed by atoms with Gasteiger partial charge >= 0.3 is 0 Å². The van der Waals surface area contributed by atoms with E-state index in [-0.39, 0.29) is 11.5 Å². The zero-order valence-electron chi connectivity index (χ0n) is 12.9. The van der Waals surface area contributed by atoms with E-state index < -0.39 is 0 Å². The number of benzene rings is 2. The fraction of sp³-hybridized carbons (Fsp3) is 0.368. The molecule has 0 saturated carbocycles. The Balaban J connectivity index is 2.27. The van der Waals surface area contributed by atoms with E-state index in [1.165, 1.54) is 11.1 Å². The van der Waals surface area contributed by atoms with Gasteiger partial charge in [-0.05, 0) is 42.5 Å². The van der Waals surface area contributed by atoms with Crippen molar-refractivity contribution in [1.29, 1.82) is 0 Å². The summed E-state index contributed by atoms with van der Waals surface area (Å²) in [7, 11) is 0. The zero-order chi connectivity index (χ0) is 15.3. The predicted octanol–water partition coefficient (Wildman–Crippen LogP) is 4.97. The predicted molar refractivity (Wildman–Crippen MR) is 91.8 cm³/mol. The fourth-order valence-corrected chi connectivity index (χ4v) is 3.36. The highest BCUT2D eigenvalue weighted by molar-refractivity contribution is 6.30. The molecule has 0 aromatic heterocycles. The van der Waals surface area contributed by atoms with Gasteiger partial charge in [0.1, 0.15) is 0 Å². The van der Waals surface area contributed by atoms with Crippen LogP contribution in [0.15, 0.2) is 54.6 Å². The minimum absolute atomic E-state index is 0.0287. The Labute approximate surface area is 133 Å². The Bertz CT molecular complexity index is 544. The summed E-state index contributed by atoms with van der Waals surface area (Å²) in [6, 6.07) is 18.8. The van der Waals surface area contributed by atoms with E-state index >= 15 is 0 Å². The maximum Gasteiger partial charge on any atom is 0.0406 e. The van der Waals surface area contributed by atoms with Crippen LogP contribution in [0.4, 0.5) is 0 Å². The Hall–Kier alpha value is -1.31. The van der Waals surface area contributed by atoms with Crippen LogP contribution in [0.25, 0.3) is 0 Å². The topological polar surface area (TPSA) is 26.0 Å². The molecule has 2 rings (SSSR count). The lowest BCUT2D eigenvalue weighted by Gasteiger charge is -2.38. The summed E-state index contributed by atoms with van der Waals surface area (Å²) in [5.74, 6) is 0. The lowest BCUT2D eigenvalue weighted by molar-refractivity contribution is 0.315. The van der Waals surface area contributed by atoms with Crippen molar-refractivity contribution in [3.8, 4) is 0 Å². The Morgan fingerprint density at radius 2 is 1.52 bits per heavy atom. The number of hydrogen-bond donors (Lipinski definition) is 1. The fourth-order valence-electron chi connectivity index (χ4n) is 3.24. The van der Waals surface area contributed by atoms with Crippen molar-refractivity contribution in [2.75, 3.05) is 0 Å². The van der Waals surface area contributed by atoms with Crippen molar-refractivity contribution in [1.82, 2.24) is 0 Å². The van der Waals surface area contributed by atoms with E-state index in [1.807, 2.05) is 12.1 Å². The second-order valence-electron chi connectivity index (χ2n) is 5.67. The van der Waals surface area contributed by atoms with Crippen LogP contribution in [0.1, 0.15) is 37.8 Å². The van der Waals surface area contributed by atoms with Gasteiger partial charge in [-0.1, -0.05) is 67.9 Å². The molecule has 0 aliphatic rings. The third kappa shape index (κ3) is 3.48. The summed E-state index contributed by atoms with van der Waals surface area (Å²) in [4.78, 5) is 0. The summed E-state index contributed by atoms with van der Waals surface area (Å²) in [5.41, 5.74) is 9.26. The van der Waals surface area contributed by atoms with Crippen LogP contribution in [-0.4, -0.2) is 6.04 Å². The minimum atomic E-state index is 0.0287. The molecule has 0 saturated heterocycles. The molecule has 0 fully saturated rings. The van der Waals surface area contributed by atoms with Crippen molar-refractivity contribution >= 4 is 11.6 Å². The Kier molecular flexibility index (Phi) is 5.44. The van der Waals surface area contributed by atoms with Gasteiger partial charge in [-0.2, -0.15) is 0 Å². The average Bonchev–Trinajstić information content (AvgIpc) is 2.52. The molecule has 2 aromatic rings. The van der Waals surface area contributed by atoms with Gasteiger partial charge in [-0.3, -0.25) is 0 Å². The molecular formula is C19H24ClN. The Morgan fingerprint density at radius 1 is 0.952 bits per heavy atom. The minimum Gasteiger partial charge on any atom is -0.327 e. The van der Waals surface area contributed by atoms with Crippen molar-refractivity contribution in [3.63, 3.8) is 0 Å². The molecule has 0 aliphatic carbocycles. The molecular weight excluding hydrogens is 278 g/mol. The van der Waals surface area contributed by atoms with Crippen molar-refractivity contribution in [3.05, 3.63) is 70.7 Å². The summed E-state index contributed by atoms with van der Waals surface area (Å²) in [6.45, 7) is 4.47. The molecule has 0 spiro atoms. The second-order valence-corrected chi connectivity index (χ2v) is 6.10. The van der Waals surface area contributed by atoms with Crippen LogP contribution in [0.5, 0.6) is 0 Å². The smallest absolute Gasteiger partial charge is 0.0406 e. The molecule has 0 radical (unpaired) electrons. The first kappa shape index (κ1) is 16.1. The molecule has 21 heavy (non-hydrogen) atoms. The number of hydrogen-bond acceptors (Lipinski definition) is 1. The van der Waals surface area contributed by atoms with Crippen molar-refractivity contribution in [2.45, 2.75) is 44.6 Å². The average molecular weight is 302 g/mol. The monoisotopic (exact) mass is 301 g/mol. The molecule has 1 nitrogen and oxygen atoms in total. The molecule has 112 valence electrons. The molecule has 2 heteroatoms. The van der Waals surface area contributed by atoms with Crippen molar-refractivity contribution < 1.29 is 0 Å². The lowest BCUT2D eigenvalue weighted by atomic mass is 9.69. The maximum absolute atomic E-state index is 6.64. The largest absolute Gasteiger partial charge is 0.327 e.